The highest BCUT2D eigenvalue weighted by atomic mass is 32.2. The zero-order valence-corrected chi connectivity index (χ0v) is 6.50. The molecule has 0 spiro atoms. The van der Waals surface area contributed by atoms with Crippen molar-refractivity contribution >= 4 is 34.5 Å². The monoisotopic (exact) mass is 179 g/mol. The van der Waals surface area contributed by atoms with Gasteiger partial charge >= 0.3 is 6.16 Å². The molecule has 0 saturated carbocycles. The first-order chi connectivity index (χ1) is 4.68. The summed E-state index contributed by atoms with van der Waals surface area (Å²) >= 11 is 6.11. The molecule has 6 heteroatoms. The van der Waals surface area contributed by atoms with Gasteiger partial charge in [-0.25, -0.2) is 4.79 Å². The summed E-state index contributed by atoms with van der Waals surface area (Å²) in [6.07, 6.45) is -1.74. The Balaban J connectivity index is 2.31. The fraction of sp³-hybridized carbons (Fsp3) is 0.500. The number of nitrogens with one attached hydrogen (secondary N) is 1. The van der Waals surface area contributed by atoms with Gasteiger partial charge in [-0.3, -0.25) is 0 Å². The molecule has 10 heavy (non-hydrogen) atoms. The van der Waals surface area contributed by atoms with Crippen molar-refractivity contribution in [2.45, 2.75) is 6.23 Å². The Morgan fingerprint density at radius 3 is 3.10 bits per heavy atom. The third-order valence-electron chi connectivity index (χ3n) is 0.888. The lowest BCUT2D eigenvalue weighted by Crippen LogP contribution is -2.30. The van der Waals surface area contributed by atoms with Gasteiger partial charge in [0, 0.05) is 0 Å². The van der Waals surface area contributed by atoms with E-state index in [0.717, 1.165) is 0 Å². The SMILES string of the molecule is O=C(O)O[C@@H]1CSC(=S)N1. The summed E-state index contributed by atoms with van der Waals surface area (Å²) in [5.41, 5.74) is 0. The lowest BCUT2D eigenvalue weighted by atomic mass is 10.7. The van der Waals surface area contributed by atoms with Crippen molar-refractivity contribution in [3.8, 4) is 0 Å². The summed E-state index contributed by atoms with van der Waals surface area (Å²) in [6, 6.07) is 0. The molecule has 0 bridgehead atoms. The van der Waals surface area contributed by atoms with E-state index in [1.807, 2.05) is 0 Å². The number of thiocarbonyl (C=S) groups is 1. The zero-order valence-electron chi connectivity index (χ0n) is 4.86. The number of carboxylic acid groups (broad SMARTS) is 1. The maximum Gasteiger partial charge on any atom is 0.507 e. The Morgan fingerprint density at radius 1 is 2.00 bits per heavy atom. The highest BCUT2D eigenvalue weighted by molar-refractivity contribution is 8.23. The summed E-state index contributed by atoms with van der Waals surface area (Å²) in [5.74, 6) is 0.561. The zero-order chi connectivity index (χ0) is 7.56. The van der Waals surface area contributed by atoms with Crippen LogP contribution in [0, 0.1) is 0 Å². The third kappa shape index (κ3) is 2.03. The van der Waals surface area contributed by atoms with Crippen LogP contribution in [0.3, 0.4) is 0 Å². The van der Waals surface area contributed by atoms with Crippen LogP contribution in [-0.4, -0.2) is 27.6 Å². The molecule has 0 radical (unpaired) electrons. The minimum absolute atomic E-state index is 0.463. The number of hydrogen-bond acceptors (Lipinski definition) is 4. The molecule has 0 aromatic rings. The molecule has 0 aromatic carbocycles. The van der Waals surface area contributed by atoms with E-state index in [0.29, 0.717) is 10.1 Å². The predicted octanol–water partition coefficient (Wildman–Crippen LogP) is 0.628. The molecule has 4 nitrogen and oxygen atoms in total. The molecule has 2 N–H and O–H groups in total. The highest BCUT2D eigenvalue weighted by Crippen LogP contribution is 2.13. The van der Waals surface area contributed by atoms with Crippen molar-refractivity contribution in [2.24, 2.45) is 0 Å². The smallest absolute Gasteiger partial charge is 0.450 e. The molecule has 1 saturated heterocycles. The Kier molecular flexibility index (Phi) is 2.34. The van der Waals surface area contributed by atoms with E-state index >= 15 is 0 Å². The van der Waals surface area contributed by atoms with Crippen LogP contribution in [0.5, 0.6) is 0 Å². The van der Waals surface area contributed by atoms with Gasteiger partial charge in [0.2, 0.25) is 0 Å². The van der Waals surface area contributed by atoms with Gasteiger partial charge in [0.1, 0.15) is 4.32 Å². The van der Waals surface area contributed by atoms with Gasteiger partial charge in [0.25, 0.3) is 0 Å². The van der Waals surface area contributed by atoms with Gasteiger partial charge in [0.15, 0.2) is 6.23 Å². The number of hydrogen-bond donors (Lipinski definition) is 2. The van der Waals surface area contributed by atoms with Gasteiger partial charge in [-0.15, -0.1) is 0 Å². The molecule has 1 atom stereocenters. The van der Waals surface area contributed by atoms with Gasteiger partial charge in [-0.1, -0.05) is 24.0 Å². The van der Waals surface area contributed by atoms with E-state index in [9.17, 15) is 4.79 Å². The molecular weight excluding hydrogens is 174 g/mol. The largest absolute Gasteiger partial charge is 0.507 e. The molecular formula is C4H5NO3S2. The standard InChI is InChI=1S/C4H5NO3S2/c6-4(7)8-2-1-10-3(9)5-2/h2H,1H2,(H,5,9)(H,6,7)/t2-/m1/s1. The van der Waals surface area contributed by atoms with Crippen LogP contribution < -0.4 is 5.32 Å². The lowest BCUT2D eigenvalue weighted by molar-refractivity contribution is 0.0573. The lowest BCUT2D eigenvalue weighted by Gasteiger charge is -2.06. The number of thioether (sulfide) groups is 1. The second kappa shape index (κ2) is 3.07. The molecule has 0 amide bonds. The number of rotatable bonds is 1. The second-order valence-corrected chi connectivity index (χ2v) is 3.31. The summed E-state index contributed by atoms with van der Waals surface area (Å²) in [5, 5.41) is 10.8. The van der Waals surface area contributed by atoms with E-state index < -0.39 is 12.4 Å². The van der Waals surface area contributed by atoms with Gasteiger partial charge in [-0.2, -0.15) is 0 Å². The van der Waals surface area contributed by atoms with Crippen molar-refractivity contribution in [1.29, 1.82) is 0 Å². The van der Waals surface area contributed by atoms with Crippen LogP contribution in [0.2, 0.25) is 0 Å². The first-order valence-electron chi connectivity index (χ1n) is 2.51. The molecule has 0 unspecified atom stereocenters. The number of carbonyl (C=O) groups is 1. The normalized spacial score (nSPS) is 24.0. The van der Waals surface area contributed by atoms with E-state index in [-0.39, 0.29) is 0 Å². The summed E-state index contributed by atoms with van der Waals surface area (Å²) in [6.45, 7) is 0. The van der Waals surface area contributed by atoms with Crippen LogP contribution in [0.1, 0.15) is 0 Å². The molecule has 1 aliphatic heterocycles. The third-order valence-corrected chi connectivity index (χ3v) is 2.21. The molecule has 56 valence electrons. The molecule has 1 heterocycles. The molecule has 0 aromatic heterocycles. The maximum absolute atomic E-state index is 9.95. The number of ether oxygens (including phenoxy) is 1. The Labute approximate surface area is 66.9 Å². The quantitative estimate of drug-likeness (QED) is 0.455. The van der Waals surface area contributed by atoms with Crippen molar-refractivity contribution < 1.29 is 14.6 Å². The molecule has 1 aliphatic rings. The van der Waals surface area contributed by atoms with E-state index in [4.69, 9.17) is 17.3 Å². The van der Waals surface area contributed by atoms with E-state index in [1.165, 1.54) is 11.8 Å². The maximum atomic E-state index is 9.95. The Hall–Kier alpha value is -0.490. The van der Waals surface area contributed by atoms with Gasteiger partial charge < -0.3 is 15.2 Å². The van der Waals surface area contributed by atoms with Crippen LogP contribution in [0.25, 0.3) is 0 Å². The van der Waals surface area contributed by atoms with Crippen molar-refractivity contribution in [1.82, 2.24) is 5.32 Å². The summed E-state index contributed by atoms with van der Waals surface area (Å²) in [4.78, 5) is 9.95. The molecule has 0 aliphatic carbocycles. The van der Waals surface area contributed by atoms with Crippen LogP contribution >= 0.6 is 24.0 Å². The van der Waals surface area contributed by atoms with Crippen molar-refractivity contribution in [2.75, 3.05) is 5.75 Å². The average Bonchev–Trinajstić information content (AvgIpc) is 2.13. The fourth-order valence-corrected chi connectivity index (χ4v) is 1.56. The first kappa shape index (κ1) is 7.62. The molecule has 1 rings (SSSR count). The van der Waals surface area contributed by atoms with E-state index in [1.54, 1.807) is 0 Å². The second-order valence-electron chi connectivity index (χ2n) is 1.62. The predicted molar refractivity (Wildman–Crippen MR) is 41.1 cm³/mol. The van der Waals surface area contributed by atoms with Crippen LogP contribution in [0.4, 0.5) is 4.79 Å². The van der Waals surface area contributed by atoms with Crippen LogP contribution in [-0.2, 0) is 4.74 Å². The molecule has 1 fully saturated rings. The minimum atomic E-state index is -1.28. The van der Waals surface area contributed by atoms with Gasteiger partial charge in [0.05, 0.1) is 5.75 Å². The van der Waals surface area contributed by atoms with Crippen molar-refractivity contribution in [3.05, 3.63) is 0 Å². The Bertz CT molecular complexity index is 172. The topological polar surface area (TPSA) is 58.6 Å². The fourth-order valence-electron chi connectivity index (χ4n) is 0.551. The van der Waals surface area contributed by atoms with Crippen LogP contribution in [0.15, 0.2) is 0 Å². The summed E-state index contributed by atoms with van der Waals surface area (Å²) < 4.78 is 4.97. The van der Waals surface area contributed by atoms with E-state index in [2.05, 4.69) is 10.1 Å². The minimum Gasteiger partial charge on any atom is -0.450 e. The Morgan fingerprint density at radius 2 is 2.70 bits per heavy atom. The average molecular weight is 179 g/mol. The van der Waals surface area contributed by atoms with Gasteiger partial charge in [-0.05, 0) is 0 Å². The summed E-state index contributed by atoms with van der Waals surface area (Å²) in [7, 11) is 0. The first-order valence-corrected chi connectivity index (χ1v) is 3.91. The highest BCUT2D eigenvalue weighted by Gasteiger charge is 2.21. The van der Waals surface area contributed by atoms with Crippen molar-refractivity contribution in [3.63, 3.8) is 0 Å².